The van der Waals surface area contributed by atoms with Gasteiger partial charge in [0.25, 0.3) is 0 Å². The number of carboxylic acid groups (broad SMARTS) is 1. The van der Waals surface area contributed by atoms with Crippen LogP contribution < -0.4 is 0 Å². The van der Waals surface area contributed by atoms with Crippen molar-refractivity contribution in [2.75, 3.05) is 0 Å². The van der Waals surface area contributed by atoms with Crippen LogP contribution in [0.1, 0.15) is 30.7 Å². The Kier molecular flexibility index (Phi) is 2.60. The standard InChI is InChI=1S/C11H13N3O2/c1-7(6-9(15)16)10-8(2)13-11-12-4-3-5-14(10)11/h3-5,7H,6H2,1-2H3,(H,15,16). The maximum absolute atomic E-state index is 10.7. The third kappa shape index (κ3) is 1.76. The molecule has 1 unspecified atom stereocenters. The van der Waals surface area contributed by atoms with Crippen LogP contribution in [0.5, 0.6) is 0 Å². The summed E-state index contributed by atoms with van der Waals surface area (Å²) in [5.74, 6) is -0.255. The van der Waals surface area contributed by atoms with E-state index >= 15 is 0 Å². The van der Waals surface area contributed by atoms with E-state index in [0.29, 0.717) is 5.78 Å². The summed E-state index contributed by atoms with van der Waals surface area (Å²) in [6.07, 6.45) is 3.63. The molecule has 5 heteroatoms. The van der Waals surface area contributed by atoms with Gasteiger partial charge in [-0.25, -0.2) is 9.97 Å². The van der Waals surface area contributed by atoms with Crippen LogP contribution in [0, 0.1) is 6.92 Å². The van der Waals surface area contributed by atoms with Crippen LogP contribution in [-0.4, -0.2) is 25.4 Å². The fraction of sp³-hybridized carbons (Fsp3) is 0.364. The molecule has 2 aromatic rings. The van der Waals surface area contributed by atoms with Crippen LogP contribution >= 0.6 is 0 Å². The van der Waals surface area contributed by atoms with Gasteiger partial charge >= 0.3 is 5.97 Å². The zero-order valence-corrected chi connectivity index (χ0v) is 9.21. The summed E-state index contributed by atoms with van der Waals surface area (Å²) in [6.45, 7) is 3.76. The number of rotatable bonds is 3. The summed E-state index contributed by atoms with van der Waals surface area (Å²) in [4.78, 5) is 19.1. The molecule has 0 saturated heterocycles. The van der Waals surface area contributed by atoms with E-state index in [4.69, 9.17) is 5.11 Å². The number of carboxylic acids is 1. The van der Waals surface area contributed by atoms with E-state index in [2.05, 4.69) is 9.97 Å². The van der Waals surface area contributed by atoms with Crippen molar-refractivity contribution in [1.82, 2.24) is 14.4 Å². The Morgan fingerprint density at radius 1 is 1.62 bits per heavy atom. The van der Waals surface area contributed by atoms with Gasteiger partial charge in [-0.05, 0) is 13.0 Å². The first kappa shape index (κ1) is 10.6. The third-order valence-electron chi connectivity index (χ3n) is 2.57. The lowest BCUT2D eigenvalue weighted by Gasteiger charge is -2.09. The van der Waals surface area contributed by atoms with E-state index in [1.807, 2.05) is 30.5 Å². The van der Waals surface area contributed by atoms with Gasteiger partial charge in [0, 0.05) is 18.3 Å². The second kappa shape index (κ2) is 3.92. The van der Waals surface area contributed by atoms with Gasteiger partial charge in [0.1, 0.15) is 0 Å². The first-order valence-electron chi connectivity index (χ1n) is 5.11. The average molecular weight is 219 g/mol. The molecule has 2 rings (SSSR count). The van der Waals surface area contributed by atoms with Gasteiger partial charge in [-0.15, -0.1) is 0 Å². The Labute approximate surface area is 92.8 Å². The number of imidazole rings is 1. The second-order valence-corrected chi connectivity index (χ2v) is 3.87. The van der Waals surface area contributed by atoms with Crippen molar-refractivity contribution in [3.05, 3.63) is 29.8 Å². The lowest BCUT2D eigenvalue weighted by molar-refractivity contribution is -0.137. The quantitative estimate of drug-likeness (QED) is 0.851. The monoisotopic (exact) mass is 219 g/mol. The first-order chi connectivity index (χ1) is 7.59. The van der Waals surface area contributed by atoms with E-state index in [-0.39, 0.29) is 12.3 Å². The smallest absolute Gasteiger partial charge is 0.304 e. The van der Waals surface area contributed by atoms with Crippen LogP contribution in [0.3, 0.4) is 0 Å². The molecule has 5 nitrogen and oxygen atoms in total. The maximum atomic E-state index is 10.7. The molecule has 0 aliphatic carbocycles. The highest BCUT2D eigenvalue weighted by Crippen LogP contribution is 2.22. The molecule has 0 fully saturated rings. The SMILES string of the molecule is Cc1nc2ncccn2c1C(C)CC(=O)O. The molecule has 2 heterocycles. The number of fused-ring (bicyclic) bond motifs is 1. The lowest BCUT2D eigenvalue weighted by Crippen LogP contribution is -2.06. The number of aliphatic carboxylic acids is 1. The molecule has 1 N–H and O–H groups in total. The summed E-state index contributed by atoms with van der Waals surface area (Å²) in [5, 5.41) is 8.80. The summed E-state index contributed by atoms with van der Waals surface area (Å²) in [5.41, 5.74) is 1.76. The van der Waals surface area contributed by atoms with Crippen LogP contribution in [-0.2, 0) is 4.79 Å². The van der Waals surface area contributed by atoms with Crippen molar-refractivity contribution in [1.29, 1.82) is 0 Å². The van der Waals surface area contributed by atoms with Gasteiger partial charge < -0.3 is 5.11 Å². The van der Waals surface area contributed by atoms with Crippen LogP contribution in [0.4, 0.5) is 0 Å². The third-order valence-corrected chi connectivity index (χ3v) is 2.57. The highest BCUT2D eigenvalue weighted by Gasteiger charge is 2.18. The summed E-state index contributed by atoms with van der Waals surface area (Å²) in [6, 6.07) is 1.81. The molecule has 1 atom stereocenters. The van der Waals surface area contributed by atoms with Gasteiger partial charge in [-0.2, -0.15) is 0 Å². The Morgan fingerprint density at radius 2 is 2.38 bits per heavy atom. The van der Waals surface area contributed by atoms with Crippen molar-refractivity contribution in [2.24, 2.45) is 0 Å². The number of nitrogens with zero attached hydrogens (tertiary/aromatic N) is 3. The van der Waals surface area contributed by atoms with E-state index < -0.39 is 5.97 Å². The minimum atomic E-state index is -0.800. The summed E-state index contributed by atoms with van der Waals surface area (Å²) < 4.78 is 1.85. The number of aryl methyl sites for hydroxylation is 1. The minimum absolute atomic E-state index is 0.0725. The Balaban J connectivity index is 2.50. The first-order valence-corrected chi connectivity index (χ1v) is 5.11. The molecule has 84 valence electrons. The normalized spacial score (nSPS) is 12.9. The van der Waals surface area contributed by atoms with Gasteiger partial charge in [-0.3, -0.25) is 9.20 Å². The van der Waals surface area contributed by atoms with E-state index in [0.717, 1.165) is 11.4 Å². The summed E-state index contributed by atoms with van der Waals surface area (Å²) >= 11 is 0. The number of carbonyl (C=O) groups is 1. The van der Waals surface area contributed by atoms with Gasteiger partial charge in [0.2, 0.25) is 5.78 Å². The molecule has 0 aliphatic rings. The van der Waals surface area contributed by atoms with E-state index in [1.54, 1.807) is 6.20 Å². The number of aromatic nitrogens is 3. The number of hydrogen-bond acceptors (Lipinski definition) is 3. The van der Waals surface area contributed by atoms with Gasteiger partial charge in [0.15, 0.2) is 0 Å². The average Bonchev–Trinajstić information content (AvgIpc) is 2.52. The van der Waals surface area contributed by atoms with Crippen molar-refractivity contribution in [3.8, 4) is 0 Å². The van der Waals surface area contributed by atoms with E-state index in [9.17, 15) is 4.79 Å². The Hall–Kier alpha value is -1.91. The van der Waals surface area contributed by atoms with Gasteiger partial charge in [0.05, 0.1) is 17.8 Å². The molecular formula is C11H13N3O2. The highest BCUT2D eigenvalue weighted by molar-refractivity contribution is 5.68. The van der Waals surface area contributed by atoms with Crippen molar-refractivity contribution in [2.45, 2.75) is 26.2 Å². The largest absolute Gasteiger partial charge is 0.481 e. The highest BCUT2D eigenvalue weighted by atomic mass is 16.4. The summed E-state index contributed by atoms with van der Waals surface area (Å²) in [7, 11) is 0. The Bertz CT molecular complexity index is 533. The van der Waals surface area contributed by atoms with Crippen molar-refractivity contribution >= 4 is 11.7 Å². The van der Waals surface area contributed by atoms with Gasteiger partial charge in [-0.1, -0.05) is 6.92 Å². The van der Waals surface area contributed by atoms with Crippen LogP contribution in [0.15, 0.2) is 18.5 Å². The molecule has 0 bridgehead atoms. The molecule has 0 saturated carbocycles. The second-order valence-electron chi connectivity index (χ2n) is 3.87. The molecule has 0 radical (unpaired) electrons. The zero-order valence-electron chi connectivity index (χ0n) is 9.21. The van der Waals surface area contributed by atoms with Crippen LogP contribution in [0.2, 0.25) is 0 Å². The molecule has 0 aliphatic heterocycles. The molecule has 0 aromatic carbocycles. The molecule has 16 heavy (non-hydrogen) atoms. The van der Waals surface area contributed by atoms with Crippen molar-refractivity contribution in [3.63, 3.8) is 0 Å². The molecule has 0 amide bonds. The molecular weight excluding hydrogens is 206 g/mol. The predicted molar refractivity (Wildman–Crippen MR) is 58.4 cm³/mol. The number of hydrogen-bond donors (Lipinski definition) is 1. The lowest BCUT2D eigenvalue weighted by atomic mass is 10.0. The maximum Gasteiger partial charge on any atom is 0.304 e. The Morgan fingerprint density at radius 3 is 3.06 bits per heavy atom. The van der Waals surface area contributed by atoms with Crippen molar-refractivity contribution < 1.29 is 9.90 Å². The predicted octanol–water partition coefficient (Wildman–Crippen LogP) is 1.62. The van der Waals surface area contributed by atoms with E-state index in [1.165, 1.54) is 0 Å². The fourth-order valence-corrected chi connectivity index (χ4v) is 1.97. The molecule has 0 spiro atoms. The minimum Gasteiger partial charge on any atom is -0.481 e. The molecule has 2 aromatic heterocycles. The zero-order chi connectivity index (χ0) is 11.7. The topological polar surface area (TPSA) is 67.5 Å². The van der Waals surface area contributed by atoms with Crippen LogP contribution in [0.25, 0.3) is 5.78 Å². The fourth-order valence-electron chi connectivity index (χ4n) is 1.97.